The molecule has 2 amide bonds. The summed E-state index contributed by atoms with van der Waals surface area (Å²) in [6.45, 7) is 7.17. The molecule has 0 spiro atoms. The Bertz CT molecular complexity index is 1390. The fourth-order valence-electron chi connectivity index (χ4n) is 3.92. The molecule has 0 saturated heterocycles. The van der Waals surface area contributed by atoms with E-state index in [9.17, 15) is 18.0 Å². The molecule has 0 aromatic heterocycles. The standard InChI is InChI=1S/C29H33Cl2N3O4S/c1-20(2)17-32-29(36)22(4)33(18-25-26(30)14-9-15-27(25)31)28(35)19-34(23-11-8-10-21(3)16-23)39(37,38)24-12-6-5-7-13-24/h5-16,20,22H,17-19H2,1-4H3,(H,32,36). The molecule has 1 unspecified atom stereocenters. The van der Waals surface area contributed by atoms with Crippen LogP contribution < -0.4 is 9.62 Å². The quantitative estimate of drug-likeness (QED) is 0.311. The van der Waals surface area contributed by atoms with Crippen LogP contribution in [0.5, 0.6) is 0 Å². The van der Waals surface area contributed by atoms with Crippen LogP contribution in [0.4, 0.5) is 5.69 Å². The first-order chi connectivity index (χ1) is 18.4. The van der Waals surface area contributed by atoms with E-state index >= 15 is 0 Å². The Morgan fingerprint density at radius 2 is 1.51 bits per heavy atom. The second kappa shape index (κ2) is 13.3. The van der Waals surface area contributed by atoms with Crippen molar-refractivity contribution in [3.05, 3.63) is 94.0 Å². The Hall–Kier alpha value is -3.07. The molecule has 0 saturated carbocycles. The molecule has 0 heterocycles. The number of aryl methyl sites for hydroxylation is 1. The molecule has 10 heteroatoms. The summed E-state index contributed by atoms with van der Waals surface area (Å²) in [5.41, 5.74) is 1.62. The summed E-state index contributed by atoms with van der Waals surface area (Å²) in [4.78, 5) is 28.4. The van der Waals surface area contributed by atoms with E-state index in [2.05, 4.69) is 5.32 Å². The number of carbonyl (C=O) groups is 2. The first kappa shape index (κ1) is 30.5. The molecule has 208 valence electrons. The van der Waals surface area contributed by atoms with Crippen molar-refractivity contribution in [2.24, 2.45) is 5.92 Å². The SMILES string of the molecule is Cc1cccc(N(CC(=O)N(Cc2c(Cl)cccc2Cl)C(C)C(=O)NCC(C)C)S(=O)(=O)c2ccccc2)c1. The first-order valence-corrected chi connectivity index (χ1v) is 14.8. The summed E-state index contributed by atoms with van der Waals surface area (Å²) in [7, 11) is -4.12. The molecule has 0 bridgehead atoms. The molecule has 3 rings (SSSR count). The van der Waals surface area contributed by atoms with Crippen molar-refractivity contribution < 1.29 is 18.0 Å². The molecule has 1 atom stereocenters. The number of nitrogens with one attached hydrogen (secondary N) is 1. The third-order valence-electron chi connectivity index (χ3n) is 6.14. The van der Waals surface area contributed by atoms with Gasteiger partial charge >= 0.3 is 0 Å². The van der Waals surface area contributed by atoms with Crippen LogP contribution in [0.25, 0.3) is 0 Å². The van der Waals surface area contributed by atoms with Gasteiger partial charge in [0.2, 0.25) is 11.8 Å². The van der Waals surface area contributed by atoms with Gasteiger partial charge in [-0.05, 0) is 61.7 Å². The van der Waals surface area contributed by atoms with Crippen LogP contribution in [-0.4, -0.2) is 44.3 Å². The van der Waals surface area contributed by atoms with E-state index in [0.717, 1.165) is 9.87 Å². The van der Waals surface area contributed by atoms with Gasteiger partial charge in [-0.2, -0.15) is 0 Å². The minimum Gasteiger partial charge on any atom is -0.354 e. The van der Waals surface area contributed by atoms with Gasteiger partial charge in [0.1, 0.15) is 12.6 Å². The fourth-order valence-corrected chi connectivity index (χ4v) is 5.86. The molecular formula is C29H33Cl2N3O4S. The summed E-state index contributed by atoms with van der Waals surface area (Å²) in [6, 6.07) is 18.9. The van der Waals surface area contributed by atoms with Gasteiger partial charge in [-0.15, -0.1) is 0 Å². The maximum Gasteiger partial charge on any atom is 0.264 e. The number of amides is 2. The lowest BCUT2D eigenvalue weighted by Crippen LogP contribution is -2.51. The minimum absolute atomic E-state index is 0.0442. The van der Waals surface area contributed by atoms with Crippen molar-refractivity contribution in [1.82, 2.24) is 10.2 Å². The lowest BCUT2D eigenvalue weighted by molar-refractivity contribution is -0.139. The van der Waals surface area contributed by atoms with E-state index < -0.39 is 28.5 Å². The summed E-state index contributed by atoms with van der Waals surface area (Å²) in [6.07, 6.45) is 0. The van der Waals surface area contributed by atoms with Crippen molar-refractivity contribution in [2.45, 2.75) is 45.2 Å². The summed E-state index contributed by atoms with van der Waals surface area (Å²) >= 11 is 12.8. The smallest absolute Gasteiger partial charge is 0.264 e. The van der Waals surface area contributed by atoms with Crippen LogP contribution >= 0.6 is 23.2 Å². The molecule has 0 aliphatic rings. The zero-order valence-electron chi connectivity index (χ0n) is 22.4. The van der Waals surface area contributed by atoms with Gasteiger partial charge < -0.3 is 10.2 Å². The molecule has 39 heavy (non-hydrogen) atoms. The fraction of sp³-hybridized carbons (Fsp3) is 0.310. The van der Waals surface area contributed by atoms with Gasteiger partial charge in [-0.1, -0.05) is 73.4 Å². The Morgan fingerprint density at radius 3 is 2.10 bits per heavy atom. The number of hydrogen-bond donors (Lipinski definition) is 1. The number of rotatable bonds is 11. The van der Waals surface area contributed by atoms with E-state index in [1.165, 1.54) is 17.0 Å². The van der Waals surface area contributed by atoms with E-state index in [4.69, 9.17) is 23.2 Å². The number of halogens is 2. The van der Waals surface area contributed by atoms with E-state index in [-0.39, 0.29) is 23.3 Å². The van der Waals surface area contributed by atoms with Gasteiger partial charge in [-0.3, -0.25) is 13.9 Å². The Labute approximate surface area is 240 Å². The zero-order chi connectivity index (χ0) is 28.7. The van der Waals surface area contributed by atoms with Crippen molar-refractivity contribution in [3.63, 3.8) is 0 Å². The number of benzene rings is 3. The maximum absolute atomic E-state index is 14.0. The molecule has 1 N–H and O–H groups in total. The number of anilines is 1. The average Bonchev–Trinajstić information content (AvgIpc) is 2.90. The zero-order valence-corrected chi connectivity index (χ0v) is 24.7. The lowest BCUT2D eigenvalue weighted by Gasteiger charge is -2.32. The highest BCUT2D eigenvalue weighted by Crippen LogP contribution is 2.28. The first-order valence-electron chi connectivity index (χ1n) is 12.6. The second-order valence-electron chi connectivity index (χ2n) is 9.70. The molecule has 0 aliphatic heterocycles. The van der Waals surface area contributed by atoms with Gasteiger partial charge in [-0.25, -0.2) is 8.42 Å². The van der Waals surface area contributed by atoms with Crippen molar-refractivity contribution >= 4 is 50.7 Å². The highest BCUT2D eigenvalue weighted by molar-refractivity contribution is 7.92. The number of carbonyl (C=O) groups excluding carboxylic acids is 2. The predicted octanol–water partition coefficient (Wildman–Crippen LogP) is 5.69. The third kappa shape index (κ3) is 7.75. The van der Waals surface area contributed by atoms with Crippen molar-refractivity contribution in [3.8, 4) is 0 Å². The monoisotopic (exact) mass is 589 g/mol. The van der Waals surface area contributed by atoms with Crippen LogP contribution in [0.3, 0.4) is 0 Å². The normalized spacial score (nSPS) is 12.2. The molecular weight excluding hydrogens is 557 g/mol. The van der Waals surface area contributed by atoms with E-state index in [1.807, 2.05) is 26.8 Å². The van der Waals surface area contributed by atoms with Gasteiger partial charge in [0.15, 0.2) is 0 Å². The number of nitrogens with zero attached hydrogens (tertiary/aromatic N) is 2. The molecule has 0 aliphatic carbocycles. The Morgan fingerprint density at radius 1 is 0.897 bits per heavy atom. The number of hydrogen-bond acceptors (Lipinski definition) is 4. The van der Waals surface area contributed by atoms with Crippen LogP contribution in [0.15, 0.2) is 77.7 Å². The van der Waals surface area contributed by atoms with Crippen molar-refractivity contribution in [1.29, 1.82) is 0 Å². The minimum atomic E-state index is -4.12. The van der Waals surface area contributed by atoms with Crippen LogP contribution in [0.2, 0.25) is 10.0 Å². The molecule has 3 aromatic rings. The molecule has 7 nitrogen and oxygen atoms in total. The largest absolute Gasteiger partial charge is 0.354 e. The summed E-state index contributed by atoms with van der Waals surface area (Å²) in [5, 5.41) is 3.52. The molecule has 0 radical (unpaired) electrons. The third-order valence-corrected chi connectivity index (χ3v) is 8.64. The maximum atomic E-state index is 14.0. The summed E-state index contributed by atoms with van der Waals surface area (Å²) < 4.78 is 28.6. The van der Waals surface area contributed by atoms with Crippen molar-refractivity contribution in [2.75, 3.05) is 17.4 Å². The van der Waals surface area contributed by atoms with Crippen LogP contribution in [0, 0.1) is 12.8 Å². The second-order valence-corrected chi connectivity index (χ2v) is 12.4. The Balaban J connectivity index is 2.04. The highest BCUT2D eigenvalue weighted by atomic mass is 35.5. The predicted molar refractivity (Wildman–Crippen MR) is 156 cm³/mol. The Kier molecular flexibility index (Phi) is 10.4. The van der Waals surface area contributed by atoms with Gasteiger partial charge in [0.05, 0.1) is 10.6 Å². The van der Waals surface area contributed by atoms with E-state index in [0.29, 0.717) is 27.8 Å². The molecule has 0 fully saturated rings. The molecule has 3 aromatic carbocycles. The highest BCUT2D eigenvalue weighted by Gasteiger charge is 2.33. The summed E-state index contributed by atoms with van der Waals surface area (Å²) in [5.74, 6) is -0.747. The average molecular weight is 591 g/mol. The van der Waals surface area contributed by atoms with Gasteiger partial charge in [0.25, 0.3) is 10.0 Å². The number of sulfonamides is 1. The van der Waals surface area contributed by atoms with Crippen LogP contribution in [0.1, 0.15) is 31.9 Å². The van der Waals surface area contributed by atoms with Gasteiger partial charge in [0, 0.05) is 28.7 Å². The lowest BCUT2D eigenvalue weighted by atomic mass is 10.1. The topological polar surface area (TPSA) is 86.8 Å². The van der Waals surface area contributed by atoms with Crippen LogP contribution in [-0.2, 0) is 26.2 Å². The van der Waals surface area contributed by atoms with E-state index in [1.54, 1.807) is 61.5 Å².